The van der Waals surface area contributed by atoms with E-state index in [0.29, 0.717) is 23.6 Å². The van der Waals surface area contributed by atoms with Gasteiger partial charge < -0.3 is 5.32 Å². The number of nitrogens with one attached hydrogen (secondary N) is 1. The number of rotatable bonds is 5. The quantitative estimate of drug-likeness (QED) is 0.752. The molecule has 1 N–H and O–H groups in total. The fourth-order valence-electron chi connectivity index (χ4n) is 3.30. The molecule has 0 aromatic rings. The van der Waals surface area contributed by atoms with Crippen molar-refractivity contribution >= 4 is 17.5 Å². The molecule has 2 aliphatic rings. The molecule has 0 spiro atoms. The average Bonchev–Trinajstić information content (AvgIpc) is 3.03. The first kappa shape index (κ1) is 13.2. The van der Waals surface area contributed by atoms with E-state index in [2.05, 4.69) is 19.2 Å². The van der Waals surface area contributed by atoms with E-state index in [1.807, 2.05) is 0 Å². The number of hydrogen-bond donors (Lipinski definition) is 1. The molecule has 17 heavy (non-hydrogen) atoms. The Hall–Kier alpha value is -0.240. The van der Waals surface area contributed by atoms with E-state index in [0.717, 1.165) is 12.8 Å². The fraction of sp³-hybridized carbons (Fsp3) is 0.929. The molecule has 2 nitrogen and oxygen atoms in total. The Kier molecular flexibility index (Phi) is 4.02. The van der Waals surface area contributed by atoms with Gasteiger partial charge in [0.15, 0.2) is 0 Å². The maximum Gasteiger partial charge on any atom is 0.224 e. The highest BCUT2D eigenvalue weighted by molar-refractivity contribution is 6.17. The van der Waals surface area contributed by atoms with Gasteiger partial charge in [-0.05, 0) is 44.4 Å². The van der Waals surface area contributed by atoms with Crippen molar-refractivity contribution < 1.29 is 4.79 Å². The molecule has 2 aliphatic carbocycles. The van der Waals surface area contributed by atoms with Crippen LogP contribution in [0.15, 0.2) is 0 Å². The van der Waals surface area contributed by atoms with Crippen molar-refractivity contribution in [3.05, 3.63) is 0 Å². The number of halogens is 1. The highest BCUT2D eigenvalue weighted by Crippen LogP contribution is 2.55. The summed E-state index contributed by atoms with van der Waals surface area (Å²) < 4.78 is 0. The van der Waals surface area contributed by atoms with Gasteiger partial charge in [0.1, 0.15) is 0 Å². The lowest BCUT2D eigenvalue weighted by atomic mass is 9.95. The van der Waals surface area contributed by atoms with Crippen LogP contribution in [0.1, 0.15) is 52.4 Å². The number of hydrogen-bond acceptors (Lipinski definition) is 1. The van der Waals surface area contributed by atoms with E-state index in [1.54, 1.807) is 0 Å². The van der Waals surface area contributed by atoms with Crippen LogP contribution in [-0.4, -0.2) is 17.3 Å². The van der Waals surface area contributed by atoms with Gasteiger partial charge in [-0.15, -0.1) is 11.6 Å². The second-order valence-electron chi connectivity index (χ2n) is 5.98. The van der Waals surface area contributed by atoms with Crippen molar-refractivity contribution in [1.29, 1.82) is 0 Å². The molecule has 0 radical (unpaired) electrons. The summed E-state index contributed by atoms with van der Waals surface area (Å²) in [5, 5.41) is 3.24. The normalized spacial score (nSPS) is 34.6. The summed E-state index contributed by atoms with van der Waals surface area (Å²) in [4.78, 5) is 12.3. The van der Waals surface area contributed by atoms with Gasteiger partial charge in [0, 0.05) is 17.3 Å². The molecule has 0 aliphatic heterocycles. The summed E-state index contributed by atoms with van der Waals surface area (Å²) >= 11 is 5.81. The average molecular weight is 258 g/mol. The molecular formula is C14H24ClNO. The molecule has 98 valence electrons. The molecule has 3 atom stereocenters. The Labute approximate surface area is 109 Å². The third kappa shape index (κ3) is 2.78. The van der Waals surface area contributed by atoms with Crippen LogP contribution in [0.25, 0.3) is 0 Å². The van der Waals surface area contributed by atoms with Crippen molar-refractivity contribution in [1.82, 2.24) is 5.32 Å². The van der Waals surface area contributed by atoms with E-state index >= 15 is 0 Å². The Morgan fingerprint density at radius 1 is 1.35 bits per heavy atom. The van der Waals surface area contributed by atoms with Gasteiger partial charge >= 0.3 is 0 Å². The van der Waals surface area contributed by atoms with Crippen LogP contribution in [0, 0.1) is 17.8 Å². The predicted octanol–water partition coefficient (Wildman–Crippen LogP) is 3.34. The molecule has 0 aromatic carbocycles. The van der Waals surface area contributed by atoms with Gasteiger partial charge in [-0.25, -0.2) is 0 Å². The zero-order valence-corrected chi connectivity index (χ0v) is 11.7. The molecule has 0 aromatic heterocycles. The summed E-state index contributed by atoms with van der Waals surface area (Å²) in [6, 6.07) is 0. The smallest absolute Gasteiger partial charge is 0.224 e. The zero-order valence-electron chi connectivity index (χ0n) is 11.0. The third-order valence-corrected chi connectivity index (χ3v) is 5.00. The number of carbonyl (C=O) groups is 1. The largest absolute Gasteiger partial charge is 0.351 e. The monoisotopic (exact) mass is 257 g/mol. The molecule has 0 saturated heterocycles. The first-order valence-corrected chi connectivity index (χ1v) is 7.53. The molecule has 0 heterocycles. The molecule has 3 unspecified atom stereocenters. The zero-order chi connectivity index (χ0) is 12.5. The summed E-state index contributed by atoms with van der Waals surface area (Å²) in [5.74, 6) is 2.61. The van der Waals surface area contributed by atoms with E-state index in [9.17, 15) is 4.79 Å². The lowest BCUT2D eigenvalue weighted by Crippen LogP contribution is -2.46. The Morgan fingerprint density at radius 2 is 1.94 bits per heavy atom. The van der Waals surface area contributed by atoms with Gasteiger partial charge in [0.2, 0.25) is 5.91 Å². The minimum Gasteiger partial charge on any atom is -0.351 e. The fourth-order valence-corrected chi connectivity index (χ4v) is 3.72. The molecule has 0 bridgehead atoms. The summed E-state index contributed by atoms with van der Waals surface area (Å²) in [5.41, 5.74) is -0.107. The minimum atomic E-state index is -0.107. The van der Waals surface area contributed by atoms with E-state index in [-0.39, 0.29) is 11.4 Å². The van der Waals surface area contributed by atoms with Crippen molar-refractivity contribution in [3.8, 4) is 0 Å². The highest BCUT2D eigenvalue weighted by Gasteiger charge is 2.55. The third-order valence-electron chi connectivity index (χ3n) is 4.81. The second kappa shape index (κ2) is 5.17. The molecule has 2 fully saturated rings. The van der Waals surface area contributed by atoms with Crippen molar-refractivity contribution in [2.45, 2.75) is 57.9 Å². The van der Waals surface area contributed by atoms with E-state index in [4.69, 9.17) is 11.6 Å². The Morgan fingerprint density at radius 3 is 2.41 bits per heavy atom. The number of fused-ring (bicyclic) bond motifs is 1. The van der Waals surface area contributed by atoms with E-state index in [1.165, 1.54) is 25.7 Å². The van der Waals surface area contributed by atoms with Gasteiger partial charge in [0.25, 0.3) is 0 Å². The van der Waals surface area contributed by atoms with Gasteiger partial charge in [-0.3, -0.25) is 4.79 Å². The number of alkyl halides is 1. The van der Waals surface area contributed by atoms with Crippen molar-refractivity contribution in [2.24, 2.45) is 17.8 Å². The summed E-state index contributed by atoms with van der Waals surface area (Å²) in [6.45, 7) is 4.23. The van der Waals surface area contributed by atoms with Gasteiger partial charge in [0.05, 0.1) is 0 Å². The van der Waals surface area contributed by atoms with Crippen LogP contribution in [-0.2, 0) is 4.79 Å². The molecule has 3 heteroatoms. The highest BCUT2D eigenvalue weighted by atomic mass is 35.5. The molecule has 2 rings (SSSR count). The lowest BCUT2D eigenvalue weighted by Gasteiger charge is -2.29. The second-order valence-corrected chi connectivity index (χ2v) is 6.36. The van der Waals surface area contributed by atoms with Gasteiger partial charge in [-0.1, -0.05) is 19.8 Å². The van der Waals surface area contributed by atoms with Crippen molar-refractivity contribution in [2.75, 3.05) is 5.88 Å². The van der Waals surface area contributed by atoms with E-state index < -0.39 is 0 Å². The van der Waals surface area contributed by atoms with Crippen LogP contribution in [0.2, 0.25) is 0 Å². The summed E-state index contributed by atoms with van der Waals surface area (Å²) in [6.07, 6.45) is 6.98. The topological polar surface area (TPSA) is 29.1 Å². The molecule has 2 saturated carbocycles. The molecule has 1 amide bonds. The Balaban J connectivity index is 1.88. The van der Waals surface area contributed by atoms with Gasteiger partial charge in [-0.2, -0.15) is 0 Å². The molecular weight excluding hydrogens is 234 g/mol. The first-order chi connectivity index (χ1) is 8.11. The Bertz CT molecular complexity index is 282. The minimum absolute atomic E-state index is 0.107. The van der Waals surface area contributed by atoms with Crippen LogP contribution in [0.5, 0.6) is 0 Å². The van der Waals surface area contributed by atoms with Crippen LogP contribution >= 0.6 is 11.6 Å². The van der Waals surface area contributed by atoms with Crippen LogP contribution in [0.4, 0.5) is 0 Å². The first-order valence-electron chi connectivity index (χ1n) is 6.99. The SMILES string of the molecule is CCC(C)(CCCl)NC(=O)C1C2CCCCC21. The lowest BCUT2D eigenvalue weighted by molar-refractivity contribution is -0.124. The van der Waals surface area contributed by atoms with Crippen molar-refractivity contribution in [3.63, 3.8) is 0 Å². The predicted molar refractivity (Wildman–Crippen MR) is 71.1 cm³/mol. The maximum absolute atomic E-state index is 12.3. The van der Waals surface area contributed by atoms with Crippen LogP contribution in [0.3, 0.4) is 0 Å². The summed E-state index contributed by atoms with van der Waals surface area (Å²) in [7, 11) is 0. The number of carbonyl (C=O) groups excluding carboxylic acids is 1. The standard InChI is InChI=1S/C14H24ClNO/c1-3-14(2,8-9-15)16-13(17)12-10-6-4-5-7-11(10)12/h10-12H,3-9H2,1-2H3,(H,16,17). The number of amides is 1. The maximum atomic E-state index is 12.3. The van der Waals surface area contributed by atoms with Crippen LogP contribution < -0.4 is 5.32 Å².